The van der Waals surface area contributed by atoms with E-state index in [1.54, 1.807) is 0 Å². The smallest absolute Gasteiger partial charge is 0.0300 e. The summed E-state index contributed by atoms with van der Waals surface area (Å²) in [6.07, 6.45) is 2.68. The normalized spacial score (nSPS) is 20.2. The molecule has 1 aromatic heterocycles. The Hall–Kier alpha value is 0.1000. The van der Waals surface area contributed by atoms with E-state index in [0.717, 1.165) is 13.1 Å². The molecule has 2 heterocycles. The predicted molar refractivity (Wildman–Crippen MR) is 83.2 cm³/mol. The van der Waals surface area contributed by atoms with Crippen LogP contribution in [-0.4, -0.2) is 31.1 Å². The lowest BCUT2D eigenvalue weighted by atomic mass is 9.83. The van der Waals surface area contributed by atoms with Crippen LogP contribution in [0.1, 0.15) is 31.6 Å². The van der Waals surface area contributed by atoms with Crippen LogP contribution in [-0.2, 0) is 6.54 Å². The van der Waals surface area contributed by atoms with Crippen LogP contribution in [0.3, 0.4) is 0 Å². The predicted octanol–water partition coefficient (Wildman–Crippen LogP) is 3.72. The van der Waals surface area contributed by atoms with E-state index in [1.165, 1.54) is 41.8 Å². The Bertz CT molecular complexity index is 366. The van der Waals surface area contributed by atoms with Gasteiger partial charge >= 0.3 is 0 Å². The fourth-order valence-corrected chi connectivity index (χ4v) is 3.70. The van der Waals surface area contributed by atoms with E-state index in [9.17, 15) is 0 Å². The van der Waals surface area contributed by atoms with Crippen molar-refractivity contribution in [2.75, 3.05) is 26.2 Å². The van der Waals surface area contributed by atoms with Crippen molar-refractivity contribution in [3.05, 3.63) is 20.8 Å². The third kappa shape index (κ3) is 4.65. The molecular weight excluding hydrogens is 308 g/mol. The zero-order valence-corrected chi connectivity index (χ0v) is 13.7. The summed E-state index contributed by atoms with van der Waals surface area (Å²) >= 11 is 5.30. The van der Waals surface area contributed by atoms with E-state index < -0.39 is 0 Å². The summed E-state index contributed by atoms with van der Waals surface area (Å²) < 4.78 is 1.20. The molecule has 0 aromatic carbocycles. The molecule has 1 N–H and O–H groups in total. The maximum Gasteiger partial charge on any atom is 0.0300 e. The van der Waals surface area contributed by atoms with Gasteiger partial charge in [-0.15, -0.1) is 11.3 Å². The van der Waals surface area contributed by atoms with Crippen molar-refractivity contribution in [1.82, 2.24) is 10.2 Å². The summed E-state index contributed by atoms with van der Waals surface area (Å²) in [6.45, 7) is 10.6. The minimum absolute atomic E-state index is 0.563. The number of hydrogen-bond acceptors (Lipinski definition) is 3. The molecule has 1 saturated heterocycles. The Kier molecular flexibility index (Phi) is 5.24. The summed E-state index contributed by atoms with van der Waals surface area (Å²) in [5, 5.41) is 5.67. The molecule has 0 saturated carbocycles. The highest BCUT2D eigenvalue weighted by atomic mass is 79.9. The van der Waals surface area contributed by atoms with Crippen LogP contribution in [0.15, 0.2) is 15.9 Å². The van der Waals surface area contributed by atoms with Crippen molar-refractivity contribution in [2.24, 2.45) is 5.41 Å². The number of likely N-dealkylation sites (tertiary alicyclic amines) is 1. The van der Waals surface area contributed by atoms with Crippen LogP contribution < -0.4 is 5.32 Å². The first kappa shape index (κ1) is 14.5. The van der Waals surface area contributed by atoms with Gasteiger partial charge in [0.05, 0.1) is 0 Å². The SMILES string of the molecule is CC1(C)CCN(CCNCc2cc(Br)cs2)CC1. The maximum absolute atomic E-state index is 3.53. The van der Waals surface area contributed by atoms with Gasteiger partial charge < -0.3 is 10.2 Å². The molecule has 2 nitrogen and oxygen atoms in total. The lowest BCUT2D eigenvalue weighted by Crippen LogP contribution is -2.40. The van der Waals surface area contributed by atoms with Crippen LogP contribution in [0.5, 0.6) is 0 Å². The average molecular weight is 331 g/mol. The molecule has 1 aliphatic rings. The Balaban J connectivity index is 1.59. The van der Waals surface area contributed by atoms with Crippen molar-refractivity contribution in [3.63, 3.8) is 0 Å². The van der Waals surface area contributed by atoms with Crippen molar-refractivity contribution in [1.29, 1.82) is 0 Å². The van der Waals surface area contributed by atoms with Gasteiger partial charge in [0.15, 0.2) is 0 Å². The van der Waals surface area contributed by atoms with E-state index in [2.05, 4.69) is 51.4 Å². The molecule has 0 bridgehead atoms. The highest BCUT2D eigenvalue weighted by Gasteiger charge is 2.24. The Morgan fingerprint density at radius 3 is 2.72 bits per heavy atom. The summed E-state index contributed by atoms with van der Waals surface area (Å²) in [5.74, 6) is 0. The first-order valence-corrected chi connectivity index (χ1v) is 8.38. The molecule has 1 aliphatic heterocycles. The van der Waals surface area contributed by atoms with Gasteiger partial charge in [-0.3, -0.25) is 0 Å². The monoisotopic (exact) mass is 330 g/mol. The zero-order chi connectivity index (χ0) is 13.0. The van der Waals surface area contributed by atoms with Crippen LogP contribution in [0.25, 0.3) is 0 Å². The van der Waals surface area contributed by atoms with Crippen molar-refractivity contribution < 1.29 is 0 Å². The second-order valence-corrected chi connectivity index (χ2v) is 7.83. The van der Waals surface area contributed by atoms with Gasteiger partial charge in [0.2, 0.25) is 0 Å². The first-order valence-electron chi connectivity index (χ1n) is 6.71. The molecule has 0 atom stereocenters. The van der Waals surface area contributed by atoms with Gasteiger partial charge in [-0.05, 0) is 53.3 Å². The van der Waals surface area contributed by atoms with Crippen LogP contribution >= 0.6 is 27.3 Å². The minimum Gasteiger partial charge on any atom is -0.311 e. The third-order valence-corrected chi connectivity index (χ3v) is 5.43. The second-order valence-electron chi connectivity index (χ2n) is 5.91. The fourth-order valence-electron chi connectivity index (χ4n) is 2.28. The topological polar surface area (TPSA) is 15.3 Å². The second kappa shape index (κ2) is 6.51. The largest absolute Gasteiger partial charge is 0.311 e. The van der Waals surface area contributed by atoms with Gasteiger partial charge in [0.25, 0.3) is 0 Å². The molecule has 0 aliphatic carbocycles. The van der Waals surface area contributed by atoms with Crippen molar-refractivity contribution in [3.8, 4) is 0 Å². The molecule has 1 aromatic rings. The Morgan fingerprint density at radius 1 is 1.39 bits per heavy atom. The van der Waals surface area contributed by atoms with E-state index in [0.29, 0.717) is 5.41 Å². The highest BCUT2D eigenvalue weighted by Crippen LogP contribution is 2.29. The standard InChI is InChI=1S/C14H23BrN2S/c1-14(2)3-6-17(7-4-14)8-5-16-10-13-9-12(15)11-18-13/h9,11,16H,3-8,10H2,1-2H3. The van der Waals surface area contributed by atoms with Gasteiger partial charge in [-0.25, -0.2) is 0 Å². The summed E-state index contributed by atoms with van der Waals surface area (Å²) in [4.78, 5) is 3.99. The minimum atomic E-state index is 0.563. The number of rotatable bonds is 5. The zero-order valence-electron chi connectivity index (χ0n) is 11.3. The van der Waals surface area contributed by atoms with E-state index in [1.807, 2.05) is 11.3 Å². The Morgan fingerprint density at radius 2 is 2.11 bits per heavy atom. The highest BCUT2D eigenvalue weighted by molar-refractivity contribution is 9.10. The van der Waals surface area contributed by atoms with Gasteiger partial charge in [0, 0.05) is 34.4 Å². The van der Waals surface area contributed by atoms with Crippen molar-refractivity contribution in [2.45, 2.75) is 33.2 Å². The van der Waals surface area contributed by atoms with Crippen LogP contribution in [0, 0.1) is 5.41 Å². The van der Waals surface area contributed by atoms with Gasteiger partial charge in [0.1, 0.15) is 0 Å². The van der Waals surface area contributed by atoms with Crippen LogP contribution in [0.2, 0.25) is 0 Å². The number of thiophene rings is 1. The lowest BCUT2D eigenvalue weighted by Gasteiger charge is -2.36. The number of hydrogen-bond donors (Lipinski definition) is 1. The average Bonchev–Trinajstić information content (AvgIpc) is 2.72. The first-order chi connectivity index (χ1) is 8.55. The maximum atomic E-state index is 3.53. The molecule has 0 amide bonds. The number of halogens is 1. The number of piperidine rings is 1. The van der Waals surface area contributed by atoms with Crippen molar-refractivity contribution >= 4 is 27.3 Å². The third-order valence-electron chi connectivity index (χ3n) is 3.74. The summed E-state index contributed by atoms with van der Waals surface area (Å²) in [5.41, 5.74) is 0.563. The van der Waals surface area contributed by atoms with Gasteiger partial charge in [-0.2, -0.15) is 0 Å². The molecule has 0 spiro atoms. The molecule has 0 radical (unpaired) electrons. The molecular formula is C14H23BrN2S. The van der Waals surface area contributed by atoms with Gasteiger partial charge in [-0.1, -0.05) is 13.8 Å². The number of nitrogens with one attached hydrogen (secondary N) is 1. The molecule has 18 heavy (non-hydrogen) atoms. The quantitative estimate of drug-likeness (QED) is 0.827. The van der Waals surface area contributed by atoms with Crippen LogP contribution in [0.4, 0.5) is 0 Å². The van der Waals surface area contributed by atoms with E-state index in [4.69, 9.17) is 0 Å². The summed E-state index contributed by atoms with van der Waals surface area (Å²) in [7, 11) is 0. The van der Waals surface area contributed by atoms with E-state index >= 15 is 0 Å². The molecule has 1 fully saturated rings. The van der Waals surface area contributed by atoms with E-state index in [-0.39, 0.29) is 0 Å². The number of nitrogens with zero attached hydrogens (tertiary/aromatic N) is 1. The molecule has 102 valence electrons. The molecule has 2 rings (SSSR count). The molecule has 0 unspecified atom stereocenters. The Labute approximate surface area is 123 Å². The lowest BCUT2D eigenvalue weighted by molar-refractivity contribution is 0.133. The molecule has 4 heteroatoms. The summed E-state index contributed by atoms with van der Waals surface area (Å²) in [6, 6.07) is 2.20. The fraction of sp³-hybridized carbons (Fsp3) is 0.714.